The van der Waals surface area contributed by atoms with Gasteiger partial charge in [-0.2, -0.15) is 0 Å². The van der Waals surface area contributed by atoms with Gasteiger partial charge in [0.05, 0.1) is 34.4 Å². The Labute approximate surface area is 407 Å². The number of phosphoric ester groups is 1. The minimum Gasteiger partial charge on any atom is -0.756 e. The summed E-state index contributed by atoms with van der Waals surface area (Å²) in [5, 5.41) is 0. The van der Waals surface area contributed by atoms with Crippen LogP contribution in [0.15, 0.2) is 85.1 Å². The second-order valence-corrected chi connectivity index (χ2v) is 20.3. The number of carbonyl (C=O) groups excluding carboxylic acids is 1. The third-order valence-corrected chi connectivity index (χ3v) is 12.1. The van der Waals surface area contributed by atoms with E-state index in [1.165, 1.54) is 116 Å². The molecule has 66 heavy (non-hydrogen) atoms. The first-order valence-electron chi connectivity index (χ1n) is 26.8. The number of quaternary nitrogens is 1. The number of phosphoric acid groups is 1. The Morgan fingerprint density at radius 2 is 0.879 bits per heavy atom. The van der Waals surface area contributed by atoms with Gasteiger partial charge in [0.25, 0.3) is 7.82 Å². The van der Waals surface area contributed by atoms with E-state index in [9.17, 15) is 14.3 Å². The van der Waals surface area contributed by atoms with Gasteiger partial charge in [-0.1, -0.05) is 202 Å². The highest BCUT2D eigenvalue weighted by Crippen LogP contribution is 2.38. The number of esters is 1. The summed E-state index contributed by atoms with van der Waals surface area (Å²) < 4.78 is 34.8. The van der Waals surface area contributed by atoms with Crippen LogP contribution in [0.4, 0.5) is 0 Å². The Bertz CT molecular complexity index is 1330. The number of hydrogen-bond acceptors (Lipinski definition) is 7. The number of carbonyl (C=O) groups is 1. The molecule has 9 heteroatoms. The van der Waals surface area contributed by atoms with Crippen LogP contribution >= 0.6 is 7.82 Å². The highest BCUT2D eigenvalue weighted by Gasteiger charge is 2.20. The number of ether oxygens (including phenoxy) is 2. The van der Waals surface area contributed by atoms with Crippen LogP contribution in [0, 0.1) is 0 Å². The van der Waals surface area contributed by atoms with E-state index in [1.54, 1.807) is 0 Å². The molecule has 0 aliphatic rings. The monoisotopic (exact) mass is 944 g/mol. The second-order valence-electron chi connectivity index (χ2n) is 18.9. The molecule has 0 saturated carbocycles. The smallest absolute Gasteiger partial charge is 0.306 e. The lowest BCUT2D eigenvalue weighted by Gasteiger charge is -2.28. The van der Waals surface area contributed by atoms with Crippen LogP contribution in [0.2, 0.25) is 0 Å². The standard InChI is InChI=1S/C57H102NO7P/c1-6-8-10-12-14-16-18-20-22-24-26-27-28-29-30-31-32-33-35-37-39-41-43-45-47-49-52-62-54-56(55-64-66(60,61)63-53-51-58(3,4)5)65-57(59)50-48-46-44-42-40-38-36-34-25-23-21-19-17-15-13-11-9-7-2/h8,10,14,16-17,19-20,22-23,25-27,29-30,56H,6-7,9,11-13,15,18,21,24,28,31-55H2,1-5H3/b10-8-,16-14-,19-17-,22-20-,25-23-,27-26-,30-29-. The number of rotatable bonds is 49. The third kappa shape index (κ3) is 52.6. The van der Waals surface area contributed by atoms with Crippen molar-refractivity contribution in [2.45, 2.75) is 219 Å². The summed E-state index contributed by atoms with van der Waals surface area (Å²) in [6.07, 6.45) is 66.1. The molecule has 0 aromatic heterocycles. The van der Waals surface area contributed by atoms with Crippen LogP contribution in [-0.2, 0) is 27.9 Å². The van der Waals surface area contributed by atoms with Gasteiger partial charge in [-0.05, 0) is 89.9 Å². The van der Waals surface area contributed by atoms with E-state index in [2.05, 4.69) is 98.9 Å². The maximum absolute atomic E-state index is 12.8. The van der Waals surface area contributed by atoms with Gasteiger partial charge in [-0.25, -0.2) is 0 Å². The van der Waals surface area contributed by atoms with Gasteiger partial charge in [0, 0.05) is 13.0 Å². The maximum Gasteiger partial charge on any atom is 0.306 e. The number of unbranched alkanes of at least 4 members (excludes halogenated alkanes) is 21. The largest absolute Gasteiger partial charge is 0.756 e. The fourth-order valence-corrected chi connectivity index (χ4v) is 7.80. The van der Waals surface area contributed by atoms with Crippen molar-refractivity contribution in [3.63, 3.8) is 0 Å². The zero-order chi connectivity index (χ0) is 48.3. The summed E-state index contributed by atoms with van der Waals surface area (Å²) in [7, 11) is 1.34. The van der Waals surface area contributed by atoms with Gasteiger partial charge in [-0.3, -0.25) is 9.36 Å². The highest BCUT2D eigenvalue weighted by molar-refractivity contribution is 7.45. The average molecular weight is 944 g/mol. The first-order chi connectivity index (χ1) is 32.1. The minimum absolute atomic E-state index is 0.0197. The van der Waals surface area contributed by atoms with Crippen molar-refractivity contribution in [3.05, 3.63) is 85.1 Å². The summed E-state index contributed by atoms with van der Waals surface area (Å²) in [6.45, 7) is 5.26. The molecule has 0 radical (unpaired) electrons. The van der Waals surface area contributed by atoms with Crippen LogP contribution in [0.1, 0.15) is 213 Å². The van der Waals surface area contributed by atoms with Gasteiger partial charge in [0.1, 0.15) is 19.3 Å². The topological polar surface area (TPSA) is 94.1 Å². The first-order valence-corrected chi connectivity index (χ1v) is 28.3. The summed E-state index contributed by atoms with van der Waals surface area (Å²) in [4.78, 5) is 25.2. The van der Waals surface area contributed by atoms with Crippen LogP contribution in [-0.4, -0.2) is 70.7 Å². The molecule has 0 fully saturated rings. The molecule has 0 rings (SSSR count). The molecule has 0 bridgehead atoms. The van der Waals surface area contributed by atoms with E-state index < -0.39 is 13.9 Å². The minimum atomic E-state index is -4.54. The second kappa shape index (κ2) is 49.1. The predicted octanol–water partition coefficient (Wildman–Crippen LogP) is 16.1. The molecule has 0 aromatic rings. The molecule has 382 valence electrons. The maximum atomic E-state index is 12.8. The van der Waals surface area contributed by atoms with E-state index in [4.69, 9.17) is 18.5 Å². The first kappa shape index (κ1) is 63.7. The molecule has 8 nitrogen and oxygen atoms in total. The lowest BCUT2D eigenvalue weighted by Crippen LogP contribution is -2.37. The molecule has 0 saturated heterocycles. The van der Waals surface area contributed by atoms with Gasteiger partial charge in [0.2, 0.25) is 0 Å². The predicted molar refractivity (Wildman–Crippen MR) is 282 cm³/mol. The summed E-state index contributed by atoms with van der Waals surface area (Å²) in [5.41, 5.74) is 0. The molecule has 2 unspecified atom stereocenters. The summed E-state index contributed by atoms with van der Waals surface area (Å²) in [5.74, 6) is -0.345. The lowest BCUT2D eigenvalue weighted by atomic mass is 10.1. The molecule has 0 spiro atoms. The Morgan fingerprint density at radius 3 is 1.32 bits per heavy atom. The molecule has 0 aliphatic carbocycles. The van der Waals surface area contributed by atoms with Crippen molar-refractivity contribution < 1.29 is 37.3 Å². The summed E-state index contributed by atoms with van der Waals surface area (Å²) in [6, 6.07) is 0. The van der Waals surface area contributed by atoms with E-state index >= 15 is 0 Å². The van der Waals surface area contributed by atoms with Crippen molar-refractivity contribution in [3.8, 4) is 0 Å². The van der Waals surface area contributed by atoms with Crippen LogP contribution in [0.25, 0.3) is 0 Å². The van der Waals surface area contributed by atoms with Gasteiger partial charge in [0.15, 0.2) is 0 Å². The Hall–Kier alpha value is -2.32. The Morgan fingerprint density at radius 1 is 0.485 bits per heavy atom. The lowest BCUT2D eigenvalue weighted by molar-refractivity contribution is -0.870. The van der Waals surface area contributed by atoms with Crippen molar-refractivity contribution >= 4 is 13.8 Å². The van der Waals surface area contributed by atoms with Crippen molar-refractivity contribution in [1.29, 1.82) is 0 Å². The van der Waals surface area contributed by atoms with Gasteiger partial charge >= 0.3 is 5.97 Å². The highest BCUT2D eigenvalue weighted by atomic mass is 31.2. The molecule has 0 N–H and O–H groups in total. The number of likely N-dealkylation sites (N-methyl/N-ethyl adjacent to an activating group) is 1. The molecule has 0 heterocycles. The van der Waals surface area contributed by atoms with Crippen molar-refractivity contribution in [2.24, 2.45) is 0 Å². The van der Waals surface area contributed by atoms with Gasteiger partial charge in [-0.15, -0.1) is 0 Å². The molecular weight excluding hydrogens is 842 g/mol. The molecular formula is C57H102NO7P. The fraction of sp³-hybridized carbons (Fsp3) is 0.737. The SMILES string of the molecule is CC/C=C\C/C=C\C/C=C\C/C=C\C/C=C\CCCCCCCCCCCCOCC(COP(=O)([O-])OCC[N+](C)(C)C)OC(=O)CCCCCCCCC/C=C\C/C=C\CCCCCC. The van der Waals surface area contributed by atoms with Gasteiger partial charge < -0.3 is 27.9 Å². The number of nitrogens with zero attached hydrogens (tertiary/aromatic N) is 1. The number of hydrogen-bond donors (Lipinski definition) is 0. The quantitative estimate of drug-likeness (QED) is 0.0197. The van der Waals surface area contributed by atoms with Crippen molar-refractivity contribution in [1.82, 2.24) is 0 Å². The van der Waals surface area contributed by atoms with E-state index in [1.807, 2.05) is 21.1 Å². The normalized spacial score (nSPS) is 14.2. The zero-order valence-corrected chi connectivity index (χ0v) is 44.3. The molecule has 2 atom stereocenters. The molecule has 0 aliphatic heterocycles. The van der Waals surface area contributed by atoms with Crippen molar-refractivity contribution in [2.75, 3.05) is 54.1 Å². The fourth-order valence-electron chi connectivity index (χ4n) is 7.07. The zero-order valence-electron chi connectivity index (χ0n) is 43.4. The molecule has 0 aromatic carbocycles. The average Bonchev–Trinajstić information content (AvgIpc) is 3.28. The Kier molecular flexibility index (Phi) is 47.4. The third-order valence-electron chi connectivity index (χ3n) is 11.2. The Balaban J connectivity index is 4.14. The van der Waals surface area contributed by atoms with E-state index in [0.717, 1.165) is 77.0 Å². The molecule has 0 amide bonds. The summed E-state index contributed by atoms with van der Waals surface area (Å²) >= 11 is 0. The van der Waals surface area contributed by atoms with Crippen LogP contribution in [0.3, 0.4) is 0 Å². The van der Waals surface area contributed by atoms with Crippen LogP contribution in [0.5, 0.6) is 0 Å². The van der Waals surface area contributed by atoms with E-state index in [0.29, 0.717) is 24.1 Å². The van der Waals surface area contributed by atoms with E-state index in [-0.39, 0.29) is 25.8 Å². The van der Waals surface area contributed by atoms with Crippen LogP contribution < -0.4 is 4.89 Å². The number of allylic oxidation sites excluding steroid dienone is 14.